The SMILES string of the molecule is Fc1ccc(Br)c(CNc2ncnc3c2CCCC3)c1. The predicted octanol–water partition coefficient (Wildman–Crippen LogP) is 3.87. The van der Waals surface area contributed by atoms with Crippen LogP contribution in [0.3, 0.4) is 0 Å². The Labute approximate surface area is 125 Å². The summed E-state index contributed by atoms with van der Waals surface area (Å²) in [5.74, 6) is 0.653. The molecule has 5 heteroatoms. The first kappa shape index (κ1) is 13.5. The van der Waals surface area contributed by atoms with Crippen LogP contribution in [0.25, 0.3) is 0 Å². The van der Waals surface area contributed by atoms with Gasteiger partial charge in [-0.3, -0.25) is 0 Å². The molecule has 0 fully saturated rings. The lowest BCUT2D eigenvalue weighted by molar-refractivity contribution is 0.625. The van der Waals surface area contributed by atoms with Gasteiger partial charge < -0.3 is 5.32 Å². The lowest BCUT2D eigenvalue weighted by Crippen LogP contribution is -2.12. The van der Waals surface area contributed by atoms with Gasteiger partial charge in [-0.05, 0) is 49.4 Å². The minimum Gasteiger partial charge on any atom is -0.366 e. The predicted molar refractivity (Wildman–Crippen MR) is 80.1 cm³/mol. The highest BCUT2D eigenvalue weighted by atomic mass is 79.9. The smallest absolute Gasteiger partial charge is 0.133 e. The number of aryl methyl sites for hydroxylation is 1. The van der Waals surface area contributed by atoms with Gasteiger partial charge in [0.1, 0.15) is 18.0 Å². The molecule has 1 aromatic carbocycles. The number of fused-ring (bicyclic) bond motifs is 1. The molecule has 2 aromatic rings. The molecule has 3 rings (SSSR count). The van der Waals surface area contributed by atoms with Gasteiger partial charge >= 0.3 is 0 Å². The summed E-state index contributed by atoms with van der Waals surface area (Å²) in [7, 11) is 0. The molecule has 1 N–H and O–H groups in total. The van der Waals surface area contributed by atoms with Crippen molar-refractivity contribution in [3.8, 4) is 0 Å². The van der Waals surface area contributed by atoms with Crippen molar-refractivity contribution in [3.63, 3.8) is 0 Å². The van der Waals surface area contributed by atoms with Crippen molar-refractivity contribution in [2.24, 2.45) is 0 Å². The van der Waals surface area contributed by atoms with Crippen LogP contribution in [0.1, 0.15) is 29.7 Å². The summed E-state index contributed by atoms with van der Waals surface area (Å²) in [6.45, 7) is 0.543. The second kappa shape index (κ2) is 5.87. The zero-order valence-electron chi connectivity index (χ0n) is 11.0. The van der Waals surface area contributed by atoms with Crippen molar-refractivity contribution >= 4 is 21.7 Å². The molecule has 0 saturated carbocycles. The number of hydrogen-bond acceptors (Lipinski definition) is 3. The van der Waals surface area contributed by atoms with Crippen LogP contribution in [0.5, 0.6) is 0 Å². The van der Waals surface area contributed by atoms with Crippen molar-refractivity contribution in [2.45, 2.75) is 32.2 Å². The normalized spacial score (nSPS) is 13.9. The number of anilines is 1. The number of nitrogens with one attached hydrogen (secondary N) is 1. The van der Waals surface area contributed by atoms with Crippen molar-refractivity contribution in [2.75, 3.05) is 5.32 Å². The molecule has 1 aromatic heterocycles. The van der Waals surface area contributed by atoms with Crippen LogP contribution >= 0.6 is 15.9 Å². The molecule has 0 spiro atoms. The van der Waals surface area contributed by atoms with Crippen LogP contribution in [0, 0.1) is 5.82 Å². The number of hydrogen-bond donors (Lipinski definition) is 1. The molecule has 1 aliphatic rings. The van der Waals surface area contributed by atoms with Crippen molar-refractivity contribution in [3.05, 3.63) is 51.6 Å². The zero-order valence-corrected chi connectivity index (χ0v) is 12.6. The fourth-order valence-electron chi connectivity index (χ4n) is 2.53. The van der Waals surface area contributed by atoms with Gasteiger partial charge in [-0.2, -0.15) is 0 Å². The van der Waals surface area contributed by atoms with E-state index in [9.17, 15) is 4.39 Å². The van der Waals surface area contributed by atoms with Crippen LogP contribution in [-0.4, -0.2) is 9.97 Å². The third-order valence-electron chi connectivity index (χ3n) is 3.58. The molecule has 0 aliphatic heterocycles. The third kappa shape index (κ3) is 2.82. The number of benzene rings is 1. The Bertz CT molecular complexity index is 631. The van der Waals surface area contributed by atoms with Gasteiger partial charge in [-0.15, -0.1) is 0 Å². The third-order valence-corrected chi connectivity index (χ3v) is 4.35. The van der Waals surface area contributed by atoms with Crippen LogP contribution in [0.4, 0.5) is 10.2 Å². The summed E-state index contributed by atoms with van der Waals surface area (Å²) < 4.78 is 14.2. The molecule has 0 saturated heterocycles. The maximum absolute atomic E-state index is 13.3. The van der Waals surface area contributed by atoms with E-state index in [-0.39, 0.29) is 5.82 Å². The topological polar surface area (TPSA) is 37.8 Å². The molecule has 0 radical (unpaired) electrons. The van der Waals surface area contributed by atoms with E-state index in [1.54, 1.807) is 12.4 Å². The summed E-state index contributed by atoms with van der Waals surface area (Å²) in [5, 5.41) is 3.31. The van der Waals surface area contributed by atoms with Crippen LogP contribution in [0.15, 0.2) is 29.0 Å². The van der Waals surface area contributed by atoms with Gasteiger partial charge in [0.05, 0.1) is 0 Å². The molecule has 0 unspecified atom stereocenters. The summed E-state index contributed by atoms with van der Waals surface area (Å²) in [6.07, 6.45) is 6.02. The summed E-state index contributed by atoms with van der Waals surface area (Å²) in [6, 6.07) is 4.70. The number of nitrogens with zero attached hydrogens (tertiary/aromatic N) is 2. The van der Waals surface area contributed by atoms with E-state index in [1.165, 1.54) is 30.5 Å². The second-order valence-corrected chi connectivity index (χ2v) is 5.80. The summed E-state index contributed by atoms with van der Waals surface area (Å²) in [5.41, 5.74) is 3.24. The maximum Gasteiger partial charge on any atom is 0.133 e. The Morgan fingerprint density at radius 1 is 1.20 bits per heavy atom. The first-order valence-corrected chi connectivity index (χ1v) is 7.54. The first-order valence-electron chi connectivity index (χ1n) is 6.74. The van der Waals surface area contributed by atoms with Crippen LogP contribution in [0.2, 0.25) is 0 Å². The molecule has 0 amide bonds. The van der Waals surface area contributed by atoms with Crippen LogP contribution in [-0.2, 0) is 19.4 Å². The van der Waals surface area contributed by atoms with Crippen LogP contribution < -0.4 is 5.32 Å². The number of rotatable bonds is 3. The van der Waals surface area contributed by atoms with Crippen molar-refractivity contribution < 1.29 is 4.39 Å². The average molecular weight is 336 g/mol. The molecule has 0 atom stereocenters. The van der Waals surface area contributed by atoms with E-state index in [2.05, 4.69) is 31.2 Å². The fourth-order valence-corrected chi connectivity index (χ4v) is 2.92. The molecule has 0 bridgehead atoms. The van der Waals surface area contributed by atoms with E-state index in [0.29, 0.717) is 6.54 Å². The van der Waals surface area contributed by atoms with E-state index >= 15 is 0 Å². The Balaban J connectivity index is 1.80. The monoisotopic (exact) mass is 335 g/mol. The van der Waals surface area contributed by atoms with Gasteiger partial charge in [-0.25, -0.2) is 14.4 Å². The summed E-state index contributed by atoms with van der Waals surface area (Å²) >= 11 is 3.44. The highest BCUT2D eigenvalue weighted by Crippen LogP contribution is 2.25. The Kier molecular flexibility index (Phi) is 3.96. The summed E-state index contributed by atoms with van der Waals surface area (Å²) in [4.78, 5) is 8.67. The molecular weight excluding hydrogens is 321 g/mol. The van der Waals surface area contributed by atoms with E-state index in [0.717, 1.165) is 34.4 Å². The quantitative estimate of drug-likeness (QED) is 0.925. The molecule has 3 nitrogen and oxygen atoms in total. The lowest BCUT2D eigenvalue weighted by Gasteiger charge is -2.18. The highest BCUT2D eigenvalue weighted by Gasteiger charge is 2.15. The fraction of sp³-hybridized carbons (Fsp3) is 0.333. The zero-order chi connectivity index (χ0) is 13.9. The molecule has 104 valence electrons. The number of aromatic nitrogens is 2. The maximum atomic E-state index is 13.3. The van der Waals surface area contributed by atoms with Gasteiger partial charge in [0.15, 0.2) is 0 Å². The van der Waals surface area contributed by atoms with Gasteiger partial charge in [0.2, 0.25) is 0 Å². The van der Waals surface area contributed by atoms with E-state index in [4.69, 9.17) is 0 Å². The Morgan fingerprint density at radius 2 is 2.05 bits per heavy atom. The largest absolute Gasteiger partial charge is 0.366 e. The Morgan fingerprint density at radius 3 is 2.95 bits per heavy atom. The molecule has 20 heavy (non-hydrogen) atoms. The second-order valence-electron chi connectivity index (χ2n) is 4.94. The van der Waals surface area contributed by atoms with E-state index < -0.39 is 0 Å². The highest BCUT2D eigenvalue weighted by molar-refractivity contribution is 9.10. The number of halogens is 2. The minimum absolute atomic E-state index is 0.227. The van der Waals surface area contributed by atoms with Crippen molar-refractivity contribution in [1.29, 1.82) is 0 Å². The standard InChI is InChI=1S/C15H15BrFN3/c16-13-6-5-11(17)7-10(13)8-18-15-12-3-1-2-4-14(12)19-9-20-15/h5-7,9H,1-4,8H2,(H,18,19,20). The van der Waals surface area contributed by atoms with Crippen molar-refractivity contribution in [1.82, 2.24) is 9.97 Å². The first-order chi connectivity index (χ1) is 9.74. The molecule has 1 aliphatic carbocycles. The van der Waals surface area contributed by atoms with Gasteiger partial charge in [0, 0.05) is 22.3 Å². The van der Waals surface area contributed by atoms with E-state index in [1.807, 2.05) is 0 Å². The van der Waals surface area contributed by atoms with Gasteiger partial charge in [-0.1, -0.05) is 15.9 Å². The average Bonchev–Trinajstić information content (AvgIpc) is 2.48. The minimum atomic E-state index is -0.227. The molecule has 1 heterocycles. The molecular formula is C15H15BrFN3. The van der Waals surface area contributed by atoms with Gasteiger partial charge in [0.25, 0.3) is 0 Å². The Hall–Kier alpha value is -1.49. The lowest BCUT2D eigenvalue weighted by atomic mass is 9.96.